The molecule has 0 nitrogen and oxygen atoms in total. The molecule has 0 saturated carbocycles. The van der Waals surface area contributed by atoms with Crippen LogP contribution in [0.1, 0.15) is 22.3 Å². The van der Waals surface area contributed by atoms with Gasteiger partial charge < -0.3 is 0 Å². The molecule has 0 fully saturated rings. The lowest BCUT2D eigenvalue weighted by atomic mass is 9.67. The molecule has 0 radical (unpaired) electrons. The quantitative estimate of drug-likeness (QED) is 0.203. The Morgan fingerprint density at radius 3 is 1.62 bits per heavy atom. The largest absolute Gasteiger partial charge is 0.0836 e. The Labute approximate surface area is 251 Å². The van der Waals surface area contributed by atoms with E-state index in [9.17, 15) is 0 Å². The van der Waals surface area contributed by atoms with Gasteiger partial charge >= 0.3 is 0 Å². The maximum atomic E-state index is 7.16. The van der Waals surface area contributed by atoms with E-state index in [0.29, 0.717) is 0 Å². The van der Waals surface area contributed by atoms with Crippen molar-refractivity contribution in [2.24, 2.45) is 0 Å². The second-order valence-electron chi connectivity index (χ2n) is 11.0. The van der Waals surface area contributed by atoms with Crippen molar-refractivity contribution in [3.63, 3.8) is 0 Å². The molecule has 0 amide bonds. The van der Waals surface area contributed by atoms with Gasteiger partial charge in [0.2, 0.25) is 0 Å². The van der Waals surface area contributed by atoms with Crippen molar-refractivity contribution in [1.29, 1.82) is 0 Å². The van der Waals surface area contributed by atoms with E-state index in [1.54, 1.807) is 0 Å². The highest BCUT2D eigenvalue weighted by Crippen LogP contribution is 2.59. The fourth-order valence-electron chi connectivity index (χ4n) is 7.07. The van der Waals surface area contributed by atoms with Crippen molar-refractivity contribution in [3.8, 4) is 33.4 Å². The first kappa shape index (κ1) is 24.9. The second-order valence-corrected chi connectivity index (χ2v) is 11.4. The van der Waals surface area contributed by atoms with Crippen LogP contribution in [0.2, 0.25) is 5.02 Å². The zero-order valence-electron chi connectivity index (χ0n) is 23.0. The van der Waals surface area contributed by atoms with Crippen LogP contribution in [-0.4, -0.2) is 0 Å². The predicted octanol–water partition coefficient (Wildman–Crippen LogP) is 11.2. The maximum Gasteiger partial charge on any atom is 0.0714 e. The molecule has 7 aromatic rings. The molecule has 1 heteroatoms. The van der Waals surface area contributed by atoms with Gasteiger partial charge in [0.25, 0.3) is 0 Å². The van der Waals surface area contributed by atoms with Crippen LogP contribution in [0.25, 0.3) is 44.2 Å². The van der Waals surface area contributed by atoms with Crippen molar-refractivity contribution in [2.75, 3.05) is 0 Å². The van der Waals surface area contributed by atoms with Gasteiger partial charge in [0, 0.05) is 10.6 Å². The SMILES string of the molecule is Clc1cc(-c2ccccc2)ccc1-c1cc2c(c3ccccc13)-c1ccccc1C2(c1ccccc1)c1ccccc1. The molecular weight excluding hydrogens is 528 g/mol. The van der Waals surface area contributed by atoms with Crippen molar-refractivity contribution >= 4 is 22.4 Å². The van der Waals surface area contributed by atoms with Crippen molar-refractivity contribution in [1.82, 2.24) is 0 Å². The van der Waals surface area contributed by atoms with Crippen molar-refractivity contribution in [2.45, 2.75) is 5.41 Å². The minimum atomic E-state index is -0.469. The van der Waals surface area contributed by atoms with Crippen LogP contribution in [0.3, 0.4) is 0 Å². The lowest BCUT2D eigenvalue weighted by molar-refractivity contribution is 0.769. The Hall–Kier alpha value is -4.91. The van der Waals surface area contributed by atoms with E-state index in [-0.39, 0.29) is 0 Å². The Morgan fingerprint density at radius 2 is 0.952 bits per heavy atom. The highest BCUT2D eigenvalue weighted by Gasteiger charge is 2.46. The smallest absolute Gasteiger partial charge is 0.0714 e. The molecule has 42 heavy (non-hydrogen) atoms. The monoisotopic (exact) mass is 554 g/mol. The molecule has 0 bridgehead atoms. The summed E-state index contributed by atoms with van der Waals surface area (Å²) in [6, 6.07) is 59.0. The van der Waals surface area contributed by atoms with E-state index in [1.807, 2.05) is 6.07 Å². The summed E-state index contributed by atoms with van der Waals surface area (Å²) >= 11 is 7.16. The molecule has 0 aromatic heterocycles. The van der Waals surface area contributed by atoms with Gasteiger partial charge in [-0.05, 0) is 73.0 Å². The molecule has 0 N–H and O–H groups in total. The molecule has 0 atom stereocenters. The number of benzene rings is 7. The summed E-state index contributed by atoms with van der Waals surface area (Å²) in [5.41, 5.74) is 11.7. The van der Waals surface area contributed by atoms with Gasteiger partial charge in [0.15, 0.2) is 0 Å². The van der Waals surface area contributed by atoms with Gasteiger partial charge in [-0.3, -0.25) is 0 Å². The van der Waals surface area contributed by atoms with Crippen LogP contribution in [0.15, 0.2) is 164 Å². The summed E-state index contributed by atoms with van der Waals surface area (Å²) in [6.07, 6.45) is 0. The molecule has 0 aliphatic heterocycles. The average Bonchev–Trinajstić information content (AvgIpc) is 3.37. The standard InChI is InChI=1S/C41H27Cl/c42-39-26-29(28-14-4-1-5-15-28)24-25-33(39)36-27-38-40(34-21-11-10-20-32(34)36)35-22-12-13-23-37(35)41(38,30-16-6-2-7-17-30)31-18-8-3-9-19-31/h1-27H. The molecule has 1 aliphatic rings. The number of hydrogen-bond donors (Lipinski definition) is 0. The number of halogens is 1. The first-order valence-corrected chi connectivity index (χ1v) is 14.8. The fourth-order valence-corrected chi connectivity index (χ4v) is 7.35. The van der Waals surface area contributed by atoms with Crippen LogP contribution < -0.4 is 0 Å². The van der Waals surface area contributed by atoms with E-state index in [2.05, 4.69) is 158 Å². The summed E-state index contributed by atoms with van der Waals surface area (Å²) in [4.78, 5) is 0. The van der Waals surface area contributed by atoms with Crippen LogP contribution in [0.4, 0.5) is 0 Å². The molecule has 0 spiro atoms. The zero-order chi connectivity index (χ0) is 28.1. The highest BCUT2D eigenvalue weighted by molar-refractivity contribution is 6.34. The molecule has 1 aliphatic carbocycles. The van der Waals surface area contributed by atoms with Crippen LogP contribution in [0.5, 0.6) is 0 Å². The van der Waals surface area contributed by atoms with Gasteiger partial charge in [-0.1, -0.05) is 163 Å². The third kappa shape index (κ3) is 3.62. The van der Waals surface area contributed by atoms with E-state index < -0.39 is 5.41 Å². The summed E-state index contributed by atoms with van der Waals surface area (Å²) in [5, 5.41) is 3.20. The molecule has 0 unspecified atom stereocenters. The van der Waals surface area contributed by atoms with Crippen LogP contribution in [-0.2, 0) is 5.41 Å². The molecule has 0 saturated heterocycles. The number of fused-ring (bicyclic) bond motifs is 5. The number of rotatable bonds is 4. The Bertz CT molecular complexity index is 2040. The lowest BCUT2D eigenvalue weighted by Gasteiger charge is -2.34. The van der Waals surface area contributed by atoms with Gasteiger partial charge in [0.05, 0.1) is 5.41 Å². The zero-order valence-corrected chi connectivity index (χ0v) is 23.7. The lowest BCUT2D eigenvalue weighted by Crippen LogP contribution is -2.28. The minimum absolute atomic E-state index is 0.469. The third-order valence-electron chi connectivity index (χ3n) is 8.83. The maximum absolute atomic E-state index is 7.16. The molecule has 8 rings (SSSR count). The Morgan fingerprint density at radius 1 is 0.381 bits per heavy atom. The van der Waals surface area contributed by atoms with Crippen molar-refractivity contribution in [3.05, 3.63) is 191 Å². The van der Waals surface area contributed by atoms with Crippen LogP contribution >= 0.6 is 11.6 Å². The number of hydrogen-bond acceptors (Lipinski definition) is 0. The van der Waals surface area contributed by atoms with Gasteiger partial charge in [0.1, 0.15) is 0 Å². The van der Waals surface area contributed by atoms with E-state index in [1.165, 1.54) is 44.2 Å². The van der Waals surface area contributed by atoms with E-state index in [0.717, 1.165) is 27.3 Å². The summed E-state index contributed by atoms with van der Waals surface area (Å²) in [5.74, 6) is 0. The third-order valence-corrected chi connectivity index (χ3v) is 9.14. The van der Waals surface area contributed by atoms with Gasteiger partial charge in [-0.25, -0.2) is 0 Å². The van der Waals surface area contributed by atoms with Gasteiger partial charge in [-0.2, -0.15) is 0 Å². The molecule has 198 valence electrons. The first-order chi connectivity index (χ1) is 20.8. The summed E-state index contributed by atoms with van der Waals surface area (Å²) < 4.78 is 0. The normalized spacial score (nSPS) is 13.1. The molecule has 0 heterocycles. The first-order valence-electron chi connectivity index (χ1n) is 14.4. The second kappa shape index (κ2) is 9.87. The predicted molar refractivity (Wildman–Crippen MR) is 177 cm³/mol. The average molecular weight is 555 g/mol. The van der Waals surface area contributed by atoms with E-state index >= 15 is 0 Å². The summed E-state index contributed by atoms with van der Waals surface area (Å²) in [6.45, 7) is 0. The topological polar surface area (TPSA) is 0 Å². The van der Waals surface area contributed by atoms with Gasteiger partial charge in [-0.15, -0.1) is 0 Å². The molecule has 7 aromatic carbocycles. The Balaban J connectivity index is 1.49. The molecular formula is C41H27Cl. The van der Waals surface area contributed by atoms with Crippen LogP contribution in [0, 0.1) is 0 Å². The fraction of sp³-hybridized carbons (Fsp3) is 0.0244. The van der Waals surface area contributed by atoms with E-state index in [4.69, 9.17) is 11.6 Å². The summed E-state index contributed by atoms with van der Waals surface area (Å²) in [7, 11) is 0. The van der Waals surface area contributed by atoms with Crippen molar-refractivity contribution < 1.29 is 0 Å². The minimum Gasteiger partial charge on any atom is -0.0836 e. The highest BCUT2D eigenvalue weighted by atomic mass is 35.5. The Kier molecular flexibility index (Phi) is 5.84.